The number of rotatable bonds is 5. The largest absolute Gasteiger partial charge is 0.507 e. The molecule has 0 fully saturated rings. The van der Waals surface area contributed by atoms with Gasteiger partial charge in [-0.3, -0.25) is 24.6 Å². The molecule has 1 aromatic heterocycles. The zero-order valence-corrected chi connectivity index (χ0v) is 16.2. The molecular formula is C21H17N3O6. The second kappa shape index (κ2) is 8.05. The van der Waals surface area contributed by atoms with E-state index in [1.54, 1.807) is 0 Å². The number of amides is 2. The number of nitro benzene ring substituents is 1. The maximum atomic E-state index is 12.8. The van der Waals surface area contributed by atoms with Crippen molar-refractivity contribution in [1.82, 2.24) is 4.90 Å². The Hall–Kier alpha value is -4.19. The monoisotopic (exact) mass is 407 g/mol. The number of furan rings is 1. The lowest BCUT2D eigenvalue weighted by molar-refractivity contribution is -0.384. The highest BCUT2D eigenvalue weighted by Gasteiger charge is 2.35. The van der Waals surface area contributed by atoms with Gasteiger partial charge in [0.25, 0.3) is 17.5 Å². The summed E-state index contributed by atoms with van der Waals surface area (Å²) in [5, 5.41) is 30.4. The average molecular weight is 407 g/mol. The quantitative estimate of drug-likeness (QED) is 0.346. The standard InChI is InChI=1S/C21H17N3O6/c1-3-8-23-20(26)15(12(2)17(11-22)21(23)27)10-14-5-7-19(30-14)16-9-13(24(28)29)4-6-18(16)25/h4-7,9-10,25H,3,8H2,1-2H3/b15-10-. The van der Waals surface area contributed by atoms with Crippen LogP contribution in [0.1, 0.15) is 26.0 Å². The Morgan fingerprint density at radius 1 is 1.27 bits per heavy atom. The Labute approximate surface area is 171 Å². The van der Waals surface area contributed by atoms with E-state index in [0.717, 1.165) is 4.90 Å². The van der Waals surface area contributed by atoms with Crippen LogP contribution < -0.4 is 0 Å². The van der Waals surface area contributed by atoms with E-state index in [2.05, 4.69) is 0 Å². The Kier molecular flexibility index (Phi) is 5.51. The lowest BCUT2D eigenvalue weighted by atomic mass is 9.94. The van der Waals surface area contributed by atoms with Crippen LogP contribution in [-0.2, 0) is 9.59 Å². The molecule has 1 aromatic carbocycles. The summed E-state index contributed by atoms with van der Waals surface area (Å²) in [7, 11) is 0. The molecule has 0 saturated heterocycles. The molecule has 0 atom stereocenters. The number of nitriles is 1. The van der Waals surface area contributed by atoms with E-state index in [0.29, 0.717) is 6.42 Å². The highest BCUT2D eigenvalue weighted by atomic mass is 16.6. The maximum absolute atomic E-state index is 12.8. The van der Waals surface area contributed by atoms with Crippen LogP contribution >= 0.6 is 0 Å². The van der Waals surface area contributed by atoms with E-state index >= 15 is 0 Å². The lowest BCUT2D eigenvalue weighted by Crippen LogP contribution is -2.43. The molecule has 30 heavy (non-hydrogen) atoms. The molecule has 9 heteroatoms. The van der Waals surface area contributed by atoms with Crippen molar-refractivity contribution < 1.29 is 24.0 Å². The van der Waals surface area contributed by atoms with Crippen molar-refractivity contribution in [1.29, 1.82) is 5.26 Å². The number of benzene rings is 1. The molecule has 9 nitrogen and oxygen atoms in total. The predicted octanol–water partition coefficient (Wildman–Crippen LogP) is 3.56. The van der Waals surface area contributed by atoms with E-state index in [1.807, 2.05) is 13.0 Å². The summed E-state index contributed by atoms with van der Waals surface area (Å²) in [6.07, 6.45) is 1.95. The average Bonchev–Trinajstić information content (AvgIpc) is 3.17. The van der Waals surface area contributed by atoms with Gasteiger partial charge in [0.1, 0.15) is 28.9 Å². The Morgan fingerprint density at radius 3 is 2.63 bits per heavy atom. The van der Waals surface area contributed by atoms with Crippen LogP contribution in [0.4, 0.5) is 5.69 Å². The normalized spacial score (nSPS) is 15.6. The van der Waals surface area contributed by atoms with Gasteiger partial charge in [-0.15, -0.1) is 0 Å². The van der Waals surface area contributed by atoms with Crippen LogP contribution in [0.5, 0.6) is 5.75 Å². The van der Waals surface area contributed by atoms with E-state index < -0.39 is 16.7 Å². The van der Waals surface area contributed by atoms with E-state index in [4.69, 9.17) is 4.42 Å². The van der Waals surface area contributed by atoms with Gasteiger partial charge in [-0.2, -0.15) is 5.26 Å². The van der Waals surface area contributed by atoms with Crippen LogP contribution in [0.15, 0.2) is 51.5 Å². The first-order valence-corrected chi connectivity index (χ1v) is 9.05. The van der Waals surface area contributed by atoms with Crippen molar-refractivity contribution in [2.24, 2.45) is 0 Å². The van der Waals surface area contributed by atoms with Crippen LogP contribution in [0, 0.1) is 21.4 Å². The van der Waals surface area contributed by atoms with Gasteiger partial charge in [0.2, 0.25) is 0 Å². The number of aromatic hydroxyl groups is 1. The van der Waals surface area contributed by atoms with Gasteiger partial charge in [-0.1, -0.05) is 6.92 Å². The SMILES string of the molecule is CCCN1C(=O)C(C#N)=C(C)/C(=C/c2ccc(-c3cc([N+](=O)[O-])ccc3O)o2)C1=O. The molecular weight excluding hydrogens is 390 g/mol. The van der Waals surface area contributed by atoms with Crippen molar-refractivity contribution in [2.75, 3.05) is 6.54 Å². The first-order chi connectivity index (χ1) is 14.3. The van der Waals surface area contributed by atoms with Gasteiger partial charge in [0.05, 0.1) is 10.5 Å². The number of hydrogen-bond donors (Lipinski definition) is 1. The Balaban J connectivity index is 2.05. The van der Waals surface area contributed by atoms with Crippen molar-refractivity contribution in [3.8, 4) is 23.1 Å². The van der Waals surface area contributed by atoms with Crippen molar-refractivity contribution >= 4 is 23.6 Å². The molecule has 0 unspecified atom stereocenters. The molecule has 152 valence electrons. The van der Waals surface area contributed by atoms with Gasteiger partial charge < -0.3 is 9.52 Å². The molecule has 2 heterocycles. The van der Waals surface area contributed by atoms with Crippen LogP contribution in [0.3, 0.4) is 0 Å². The molecule has 0 bridgehead atoms. The number of phenols is 1. The number of imide groups is 1. The summed E-state index contributed by atoms with van der Waals surface area (Å²) >= 11 is 0. The predicted molar refractivity (Wildman–Crippen MR) is 106 cm³/mol. The van der Waals surface area contributed by atoms with E-state index in [-0.39, 0.29) is 51.8 Å². The number of carbonyl (C=O) groups is 2. The number of non-ortho nitro benzene ring substituents is 1. The highest BCUT2D eigenvalue weighted by Crippen LogP contribution is 2.35. The number of nitro groups is 1. The molecule has 1 aliphatic heterocycles. The molecule has 1 aliphatic rings. The number of nitrogens with zero attached hydrogens (tertiary/aromatic N) is 3. The fraction of sp³-hybridized carbons (Fsp3) is 0.190. The molecule has 0 radical (unpaired) electrons. The third-order valence-corrected chi connectivity index (χ3v) is 4.64. The minimum absolute atomic E-state index is 0.114. The van der Waals surface area contributed by atoms with Crippen molar-refractivity contribution in [3.63, 3.8) is 0 Å². The minimum Gasteiger partial charge on any atom is -0.507 e. The molecule has 3 rings (SSSR count). The molecule has 0 aliphatic carbocycles. The van der Waals surface area contributed by atoms with Gasteiger partial charge in [-0.05, 0) is 43.2 Å². The fourth-order valence-electron chi connectivity index (χ4n) is 3.11. The van der Waals surface area contributed by atoms with Crippen LogP contribution in [-0.4, -0.2) is 33.3 Å². The number of carbonyl (C=O) groups excluding carboxylic acids is 2. The van der Waals surface area contributed by atoms with Gasteiger partial charge >= 0.3 is 0 Å². The third-order valence-electron chi connectivity index (χ3n) is 4.64. The fourth-order valence-corrected chi connectivity index (χ4v) is 3.11. The second-order valence-electron chi connectivity index (χ2n) is 6.59. The Bertz CT molecular complexity index is 1170. The smallest absolute Gasteiger partial charge is 0.271 e. The summed E-state index contributed by atoms with van der Waals surface area (Å²) in [6.45, 7) is 3.50. The molecule has 1 N–H and O–H groups in total. The maximum Gasteiger partial charge on any atom is 0.271 e. The van der Waals surface area contributed by atoms with Gasteiger partial charge in [0.15, 0.2) is 0 Å². The van der Waals surface area contributed by atoms with E-state index in [9.17, 15) is 30.1 Å². The summed E-state index contributed by atoms with van der Waals surface area (Å²) in [6, 6.07) is 8.41. The summed E-state index contributed by atoms with van der Waals surface area (Å²) in [4.78, 5) is 36.6. The lowest BCUT2D eigenvalue weighted by Gasteiger charge is -2.26. The topological polar surface area (TPSA) is 138 Å². The van der Waals surface area contributed by atoms with Gasteiger partial charge in [0, 0.05) is 24.3 Å². The molecule has 2 amide bonds. The molecule has 0 spiro atoms. The summed E-state index contributed by atoms with van der Waals surface area (Å²) in [5.74, 6) is -0.975. The van der Waals surface area contributed by atoms with Crippen LogP contribution in [0.25, 0.3) is 17.4 Å². The summed E-state index contributed by atoms with van der Waals surface area (Å²) < 4.78 is 5.66. The number of phenolic OH excluding ortho intramolecular Hbond substituents is 1. The first-order valence-electron chi connectivity index (χ1n) is 9.05. The Morgan fingerprint density at radius 2 is 2.00 bits per heavy atom. The second-order valence-corrected chi connectivity index (χ2v) is 6.59. The van der Waals surface area contributed by atoms with Crippen molar-refractivity contribution in [2.45, 2.75) is 20.3 Å². The zero-order valence-electron chi connectivity index (χ0n) is 16.2. The van der Waals surface area contributed by atoms with Gasteiger partial charge in [-0.25, -0.2) is 0 Å². The van der Waals surface area contributed by atoms with Crippen LogP contribution in [0.2, 0.25) is 0 Å². The molecule has 2 aromatic rings. The first kappa shape index (κ1) is 20.5. The highest BCUT2D eigenvalue weighted by molar-refractivity contribution is 6.19. The van der Waals surface area contributed by atoms with E-state index in [1.165, 1.54) is 43.3 Å². The third kappa shape index (κ3) is 3.58. The summed E-state index contributed by atoms with van der Waals surface area (Å²) in [5.41, 5.74) is 0.182. The number of hydrogen-bond acceptors (Lipinski definition) is 7. The molecule has 0 saturated carbocycles. The minimum atomic E-state index is -0.624. The zero-order chi connectivity index (χ0) is 22.0. The van der Waals surface area contributed by atoms with Crippen molar-refractivity contribution in [3.05, 3.63) is 62.9 Å².